The zero-order chi connectivity index (χ0) is 20.0. The predicted octanol–water partition coefficient (Wildman–Crippen LogP) is 2.79. The average Bonchev–Trinajstić information content (AvgIpc) is 3.16. The van der Waals surface area contributed by atoms with Crippen LogP contribution in [0.1, 0.15) is 35.4 Å². The molecule has 1 atom stereocenters. The normalized spacial score (nSPS) is 12.5. The van der Waals surface area contributed by atoms with Crippen molar-refractivity contribution in [3.8, 4) is 0 Å². The van der Waals surface area contributed by atoms with Crippen LogP contribution in [-0.4, -0.2) is 30.5 Å². The molecular formula is C20H21N3O4S. The summed E-state index contributed by atoms with van der Waals surface area (Å²) in [5.41, 5.74) is 1.19. The largest absolute Gasteiger partial charge is 0.345 e. The third-order valence-electron chi connectivity index (χ3n) is 4.17. The molecule has 146 valence electrons. The number of aryl methyl sites for hydroxylation is 1. The van der Waals surface area contributed by atoms with E-state index in [0.29, 0.717) is 0 Å². The third kappa shape index (κ3) is 5.26. The number of carbonyl (C=O) groups excluding carboxylic acids is 1. The summed E-state index contributed by atoms with van der Waals surface area (Å²) in [4.78, 5) is 16.3. The van der Waals surface area contributed by atoms with Crippen LogP contribution in [0, 0.1) is 0 Å². The Labute approximate surface area is 163 Å². The summed E-state index contributed by atoms with van der Waals surface area (Å²) >= 11 is 0. The highest BCUT2D eigenvalue weighted by atomic mass is 32.2. The molecule has 1 amide bonds. The fourth-order valence-electron chi connectivity index (χ4n) is 2.67. The summed E-state index contributed by atoms with van der Waals surface area (Å²) in [6, 6.07) is 17.9. The molecule has 0 radical (unpaired) electrons. The fourth-order valence-corrected chi connectivity index (χ4v) is 3.87. The number of hydrogen-bond acceptors (Lipinski definition) is 6. The van der Waals surface area contributed by atoms with Crippen molar-refractivity contribution >= 4 is 15.7 Å². The zero-order valence-electron chi connectivity index (χ0n) is 15.4. The summed E-state index contributed by atoms with van der Waals surface area (Å²) in [5, 5.41) is 6.41. The van der Waals surface area contributed by atoms with Crippen LogP contribution in [-0.2, 0) is 22.0 Å². The van der Waals surface area contributed by atoms with Crippen molar-refractivity contribution in [1.82, 2.24) is 15.5 Å². The average molecular weight is 399 g/mol. The summed E-state index contributed by atoms with van der Waals surface area (Å²) in [6.45, 7) is 1.89. The van der Waals surface area contributed by atoms with E-state index in [0.717, 1.165) is 12.8 Å². The Morgan fingerprint density at radius 3 is 2.39 bits per heavy atom. The van der Waals surface area contributed by atoms with E-state index in [9.17, 15) is 13.2 Å². The highest BCUT2D eigenvalue weighted by Crippen LogP contribution is 2.14. The zero-order valence-corrected chi connectivity index (χ0v) is 16.2. The van der Waals surface area contributed by atoms with Crippen LogP contribution in [0.2, 0.25) is 0 Å². The lowest BCUT2D eigenvalue weighted by Gasteiger charge is -2.12. The molecule has 0 aliphatic rings. The van der Waals surface area contributed by atoms with E-state index in [1.54, 1.807) is 18.2 Å². The van der Waals surface area contributed by atoms with Crippen LogP contribution in [0.4, 0.5) is 0 Å². The Morgan fingerprint density at radius 2 is 1.71 bits per heavy atom. The Balaban J connectivity index is 1.56. The van der Waals surface area contributed by atoms with E-state index in [1.807, 2.05) is 37.3 Å². The number of nitrogens with one attached hydrogen (secondary N) is 1. The minimum atomic E-state index is -3.60. The second-order valence-electron chi connectivity index (χ2n) is 6.49. The maximum Gasteiger partial charge on any atom is 0.315 e. The lowest BCUT2D eigenvalue weighted by atomic mass is 10.1. The number of sulfone groups is 1. The molecule has 7 nitrogen and oxygen atoms in total. The lowest BCUT2D eigenvalue weighted by molar-refractivity contribution is 0.0894. The van der Waals surface area contributed by atoms with Gasteiger partial charge in [0.25, 0.3) is 0 Å². The summed E-state index contributed by atoms with van der Waals surface area (Å²) in [7, 11) is -3.60. The molecule has 0 saturated carbocycles. The predicted molar refractivity (Wildman–Crippen MR) is 103 cm³/mol. The van der Waals surface area contributed by atoms with Crippen molar-refractivity contribution in [1.29, 1.82) is 0 Å². The van der Waals surface area contributed by atoms with Gasteiger partial charge in [0.05, 0.1) is 4.90 Å². The molecule has 1 aromatic heterocycles. The van der Waals surface area contributed by atoms with Crippen molar-refractivity contribution in [3.63, 3.8) is 0 Å². The molecular weight excluding hydrogens is 378 g/mol. The van der Waals surface area contributed by atoms with E-state index in [-0.39, 0.29) is 22.7 Å². The maximum atomic E-state index is 12.4. The van der Waals surface area contributed by atoms with E-state index in [4.69, 9.17) is 4.52 Å². The fraction of sp³-hybridized carbons (Fsp3) is 0.250. The summed E-state index contributed by atoms with van der Waals surface area (Å²) in [6.07, 6.45) is 1.58. The number of hydrogen-bond donors (Lipinski definition) is 1. The van der Waals surface area contributed by atoms with Gasteiger partial charge in [0.15, 0.2) is 15.7 Å². The van der Waals surface area contributed by atoms with Crippen molar-refractivity contribution in [2.24, 2.45) is 0 Å². The number of rotatable bonds is 8. The molecule has 0 aliphatic heterocycles. The van der Waals surface area contributed by atoms with Gasteiger partial charge in [-0.2, -0.15) is 4.98 Å². The van der Waals surface area contributed by atoms with Gasteiger partial charge in [-0.3, -0.25) is 4.79 Å². The van der Waals surface area contributed by atoms with Crippen LogP contribution < -0.4 is 5.32 Å². The number of benzene rings is 2. The monoisotopic (exact) mass is 399 g/mol. The van der Waals surface area contributed by atoms with E-state index >= 15 is 0 Å². The quantitative estimate of drug-likeness (QED) is 0.625. The molecule has 28 heavy (non-hydrogen) atoms. The Bertz CT molecular complexity index is 1020. The number of nitrogens with zero attached hydrogens (tertiary/aromatic N) is 2. The van der Waals surface area contributed by atoms with Gasteiger partial charge in [0, 0.05) is 6.04 Å². The molecule has 1 unspecified atom stereocenters. The second kappa shape index (κ2) is 8.79. The Kier molecular flexibility index (Phi) is 6.20. The summed E-state index contributed by atoms with van der Waals surface area (Å²) in [5.74, 6) is -1.25. The van der Waals surface area contributed by atoms with Gasteiger partial charge in [-0.1, -0.05) is 53.7 Å². The first kappa shape index (κ1) is 19.8. The first-order valence-corrected chi connectivity index (χ1v) is 10.5. The Hall–Kier alpha value is -3.00. The van der Waals surface area contributed by atoms with Crippen LogP contribution in [0.25, 0.3) is 0 Å². The molecule has 8 heteroatoms. The third-order valence-corrected chi connectivity index (χ3v) is 5.80. The van der Waals surface area contributed by atoms with Crippen molar-refractivity contribution in [3.05, 3.63) is 77.9 Å². The van der Waals surface area contributed by atoms with Gasteiger partial charge in [-0.15, -0.1) is 0 Å². The summed E-state index contributed by atoms with van der Waals surface area (Å²) < 4.78 is 29.6. The van der Waals surface area contributed by atoms with Gasteiger partial charge < -0.3 is 9.84 Å². The highest BCUT2D eigenvalue weighted by Gasteiger charge is 2.22. The molecule has 0 fully saturated rings. The van der Waals surface area contributed by atoms with Gasteiger partial charge in [0.1, 0.15) is 5.75 Å². The molecule has 2 aromatic carbocycles. The van der Waals surface area contributed by atoms with E-state index in [2.05, 4.69) is 15.5 Å². The minimum absolute atomic E-state index is 0.0501. The topological polar surface area (TPSA) is 102 Å². The van der Waals surface area contributed by atoms with Crippen molar-refractivity contribution in [2.75, 3.05) is 0 Å². The molecule has 0 spiro atoms. The number of carbonyl (C=O) groups is 1. The van der Waals surface area contributed by atoms with E-state index in [1.165, 1.54) is 17.7 Å². The molecule has 0 bridgehead atoms. The molecule has 3 rings (SSSR count). The first-order chi connectivity index (χ1) is 13.4. The maximum absolute atomic E-state index is 12.4. The first-order valence-electron chi connectivity index (χ1n) is 8.89. The smallest absolute Gasteiger partial charge is 0.315 e. The molecule has 0 aliphatic carbocycles. The molecule has 1 N–H and O–H groups in total. The van der Waals surface area contributed by atoms with Crippen LogP contribution >= 0.6 is 0 Å². The van der Waals surface area contributed by atoms with E-state index < -0.39 is 21.5 Å². The molecule has 1 heterocycles. The number of aromatic nitrogens is 2. The SMILES string of the molecule is CC(CCc1ccccc1)NC(=O)c1nc(CS(=O)(=O)c2ccccc2)no1. The van der Waals surface area contributed by atoms with Crippen molar-refractivity contribution in [2.45, 2.75) is 36.5 Å². The van der Waals surface area contributed by atoms with Crippen molar-refractivity contribution < 1.29 is 17.7 Å². The van der Waals surface area contributed by atoms with Gasteiger partial charge >= 0.3 is 11.8 Å². The van der Waals surface area contributed by atoms with Crippen LogP contribution in [0.3, 0.4) is 0 Å². The lowest BCUT2D eigenvalue weighted by Crippen LogP contribution is -2.33. The second-order valence-corrected chi connectivity index (χ2v) is 8.48. The van der Waals surface area contributed by atoms with Crippen LogP contribution in [0.15, 0.2) is 70.1 Å². The minimum Gasteiger partial charge on any atom is -0.345 e. The standard InChI is InChI=1S/C20H21N3O4S/c1-15(12-13-16-8-4-2-5-9-16)21-19(24)20-22-18(23-27-20)14-28(25,26)17-10-6-3-7-11-17/h2-11,15H,12-14H2,1H3,(H,21,24). The van der Waals surface area contributed by atoms with Crippen LogP contribution in [0.5, 0.6) is 0 Å². The molecule has 3 aromatic rings. The highest BCUT2D eigenvalue weighted by molar-refractivity contribution is 7.90. The van der Waals surface area contributed by atoms with Gasteiger partial charge in [0.2, 0.25) is 0 Å². The Morgan fingerprint density at radius 1 is 1.07 bits per heavy atom. The molecule has 0 saturated heterocycles. The van der Waals surface area contributed by atoms with Gasteiger partial charge in [-0.05, 0) is 37.5 Å². The number of amides is 1. The van der Waals surface area contributed by atoms with Gasteiger partial charge in [-0.25, -0.2) is 8.42 Å².